The summed E-state index contributed by atoms with van der Waals surface area (Å²) in [6.07, 6.45) is 0. The molecule has 0 saturated carbocycles. The first-order valence-electron chi connectivity index (χ1n) is 8.92. The van der Waals surface area contributed by atoms with E-state index in [0.717, 1.165) is 0 Å². The van der Waals surface area contributed by atoms with Crippen LogP contribution < -0.4 is 10.0 Å². The number of rotatable bonds is 8. The topological polar surface area (TPSA) is 95.5 Å². The number of hydrogen-bond donors (Lipinski definition) is 3. The lowest BCUT2D eigenvalue weighted by atomic mass is 9.95. The lowest BCUT2D eigenvalue weighted by Crippen LogP contribution is -2.40. The van der Waals surface area contributed by atoms with Crippen molar-refractivity contribution in [1.29, 1.82) is 0 Å². The number of amides is 1. The van der Waals surface area contributed by atoms with Crippen molar-refractivity contribution in [3.8, 4) is 0 Å². The van der Waals surface area contributed by atoms with Gasteiger partial charge >= 0.3 is 0 Å². The Labute approximate surface area is 178 Å². The molecule has 1 unspecified atom stereocenters. The zero-order chi connectivity index (χ0) is 21.1. The molecule has 0 aliphatic heterocycles. The van der Waals surface area contributed by atoms with E-state index in [0.29, 0.717) is 16.1 Å². The molecule has 2 heterocycles. The number of sulfonamides is 1. The third-order valence-electron chi connectivity index (χ3n) is 4.40. The summed E-state index contributed by atoms with van der Waals surface area (Å²) in [6.45, 7) is 3.36. The average Bonchev–Trinajstić information content (AvgIpc) is 3.41. The number of thiophene rings is 2. The Bertz CT molecular complexity index is 1010. The molecule has 1 atom stereocenters. The van der Waals surface area contributed by atoms with Gasteiger partial charge in [-0.05, 0) is 52.5 Å². The van der Waals surface area contributed by atoms with Crippen molar-refractivity contribution in [2.45, 2.75) is 24.3 Å². The molecule has 0 spiro atoms. The van der Waals surface area contributed by atoms with Crippen LogP contribution in [0.3, 0.4) is 0 Å². The van der Waals surface area contributed by atoms with Crippen LogP contribution in [0, 0.1) is 5.92 Å². The number of anilines is 1. The van der Waals surface area contributed by atoms with Crippen molar-refractivity contribution < 1.29 is 18.3 Å². The fourth-order valence-corrected chi connectivity index (χ4v) is 5.26. The van der Waals surface area contributed by atoms with E-state index in [1.807, 2.05) is 16.8 Å². The van der Waals surface area contributed by atoms with Crippen LogP contribution in [-0.4, -0.2) is 26.0 Å². The van der Waals surface area contributed by atoms with Crippen molar-refractivity contribution >= 4 is 44.3 Å². The maximum atomic E-state index is 12.8. The Morgan fingerprint density at radius 1 is 1.14 bits per heavy atom. The summed E-state index contributed by atoms with van der Waals surface area (Å²) in [7, 11) is -3.85. The van der Waals surface area contributed by atoms with Crippen molar-refractivity contribution in [3.05, 3.63) is 69.0 Å². The predicted octanol–water partition coefficient (Wildman–Crippen LogP) is 3.62. The second kappa shape index (κ2) is 8.76. The second-order valence-electron chi connectivity index (χ2n) is 6.84. The van der Waals surface area contributed by atoms with Crippen LogP contribution in [0.1, 0.15) is 24.3 Å². The van der Waals surface area contributed by atoms with Crippen LogP contribution in [0.15, 0.2) is 63.5 Å². The molecule has 6 nitrogen and oxygen atoms in total. The summed E-state index contributed by atoms with van der Waals surface area (Å²) in [6, 6.07) is 11.3. The van der Waals surface area contributed by atoms with Crippen LogP contribution in [0.2, 0.25) is 0 Å². The molecule has 154 valence electrons. The van der Waals surface area contributed by atoms with Crippen molar-refractivity contribution in [1.82, 2.24) is 4.72 Å². The first-order chi connectivity index (χ1) is 13.7. The molecule has 1 amide bonds. The average molecular weight is 451 g/mol. The Kier molecular flexibility index (Phi) is 6.55. The van der Waals surface area contributed by atoms with E-state index in [1.165, 1.54) is 34.8 Å². The number of aliphatic hydroxyl groups is 1. The SMILES string of the molecule is CC(C)C(=O)Nc1ccc(S(=O)(=O)NCC(O)(c2ccsc2)c2cccs2)cc1. The molecule has 3 aromatic rings. The molecule has 9 heteroatoms. The van der Waals surface area contributed by atoms with E-state index in [-0.39, 0.29) is 23.3 Å². The monoisotopic (exact) mass is 450 g/mol. The summed E-state index contributed by atoms with van der Waals surface area (Å²) in [5, 5.41) is 19.5. The number of nitrogens with one attached hydrogen (secondary N) is 2. The van der Waals surface area contributed by atoms with Crippen LogP contribution >= 0.6 is 22.7 Å². The maximum Gasteiger partial charge on any atom is 0.240 e. The summed E-state index contributed by atoms with van der Waals surface area (Å²) >= 11 is 2.80. The lowest BCUT2D eigenvalue weighted by molar-refractivity contribution is -0.118. The minimum absolute atomic E-state index is 0.0545. The van der Waals surface area contributed by atoms with Gasteiger partial charge in [0, 0.05) is 28.6 Å². The number of benzene rings is 1. The zero-order valence-electron chi connectivity index (χ0n) is 16.0. The highest BCUT2D eigenvalue weighted by molar-refractivity contribution is 7.89. The molecule has 2 aromatic heterocycles. The molecule has 29 heavy (non-hydrogen) atoms. The van der Waals surface area contributed by atoms with Gasteiger partial charge in [0.15, 0.2) is 0 Å². The number of hydrogen-bond acceptors (Lipinski definition) is 6. The Morgan fingerprint density at radius 2 is 1.86 bits per heavy atom. The van der Waals surface area contributed by atoms with Gasteiger partial charge in [0.05, 0.1) is 4.90 Å². The molecule has 0 bridgehead atoms. The summed E-state index contributed by atoms with van der Waals surface area (Å²) in [5.74, 6) is -0.317. The minimum atomic E-state index is -3.85. The van der Waals surface area contributed by atoms with Crippen LogP contribution in [0.25, 0.3) is 0 Å². The van der Waals surface area contributed by atoms with E-state index in [4.69, 9.17) is 0 Å². The van der Waals surface area contributed by atoms with Crippen LogP contribution in [0.5, 0.6) is 0 Å². The first kappa shape index (κ1) is 21.7. The van der Waals surface area contributed by atoms with Gasteiger partial charge in [0.25, 0.3) is 0 Å². The molecular weight excluding hydrogens is 428 g/mol. The molecule has 0 aliphatic carbocycles. The Hall–Kier alpha value is -2.04. The Balaban J connectivity index is 1.77. The standard InChI is InChI=1S/C20H22N2O4S3/c1-14(2)19(23)22-16-5-7-17(8-6-16)29(25,26)21-13-20(24,15-9-11-27-12-15)18-4-3-10-28-18/h3-12,14,21,24H,13H2,1-2H3,(H,22,23). The van der Waals surface area contributed by atoms with Gasteiger partial charge in [-0.25, -0.2) is 13.1 Å². The highest BCUT2D eigenvalue weighted by atomic mass is 32.2. The highest BCUT2D eigenvalue weighted by Gasteiger charge is 2.34. The normalized spacial score (nSPS) is 13.9. The van der Waals surface area contributed by atoms with Crippen molar-refractivity contribution in [2.24, 2.45) is 5.92 Å². The molecule has 0 fully saturated rings. The fourth-order valence-electron chi connectivity index (χ4n) is 2.63. The van der Waals surface area contributed by atoms with E-state index in [2.05, 4.69) is 10.0 Å². The van der Waals surface area contributed by atoms with Gasteiger partial charge in [0.2, 0.25) is 15.9 Å². The van der Waals surface area contributed by atoms with Crippen molar-refractivity contribution in [3.63, 3.8) is 0 Å². The third-order valence-corrected chi connectivity index (χ3v) is 7.52. The molecule has 0 saturated heterocycles. The van der Waals surface area contributed by atoms with Gasteiger partial charge in [-0.15, -0.1) is 11.3 Å². The molecule has 0 radical (unpaired) electrons. The van der Waals surface area contributed by atoms with Gasteiger partial charge in [-0.1, -0.05) is 19.9 Å². The van der Waals surface area contributed by atoms with Crippen molar-refractivity contribution in [2.75, 3.05) is 11.9 Å². The van der Waals surface area contributed by atoms with E-state index in [9.17, 15) is 18.3 Å². The zero-order valence-corrected chi connectivity index (χ0v) is 18.4. The van der Waals surface area contributed by atoms with E-state index < -0.39 is 15.6 Å². The van der Waals surface area contributed by atoms with Gasteiger partial charge < -0.3 is 10.4 Å². The highest BCUT2D eigenvalue weighted by Crippen LogP contribution is 2.34. The molecule has 1 aromatic carbocycles. The first-order valence-corrected chi connectivity index (χ1v) is 12.2. The van der Waals surface area contributed by atoms with Gasteiger partial charge in [-0.3, -0.25) is 4.79 Å². The number of carbonyl (C=O) groups is 1. The third kappa shape index (κ3) is 4.93. The summed E-state index contributed by atoms with van der Waals surface area (Å²) in [4.78, 5) is 12.5. The number of carbonyl (C=O) groups excluding carboxylic acids is 1. The predicted molar refractivity (Wildman–Crippen MR) is 117 cm³/mol. The molecule has 3 rings (SSSR count). The summed E-state index contributed by atoms with van der Waals surface area (Å²) in [5.41, 5.74) is -0.290. The molecular formula is C20H22N2O4S3. The van der Waals surface area contributed by atoms with Gasteiger partial charge in [-0.2, -0.15) is 11.3 Å². The van der Waals surface area contributed by atoms with E-state index in [1.54, 1.807) is 43.5 Å². The van der Waals surface area contributed by atoms with Crippen LogP contribution in [-0.2, 0) is 20.4 Å². The molecule has 0 aliphatic rings. The quantitative estimate of drug-likeness (QED) is 0.488. The van der Waals surface area contributed by atoms with E-state index >= 15 is 0 Å². The van der Waals surface area contributed by atoms with Crippen LogP contribution in [0.4, 0.5) is 5.69 Å². The maximum absolute atomic E-state index is 12.8. The summed E-state index contributed by atoms with van der Waals surface area (Å²) < 4.78 is 28.0. The largest absolute Gasteiger partial charge is 0.378 e. The fraction of sp³-hybridized carbons (Fsp3) is 0.250. The Morgan fingerprint density at radius 3 is 2.41 bits per heavy atom. The van der Waals surface area contributed by atoms with Gasteiger partial charge in [0.1, 0.15) is 5.60 Å². The molecule has 3 N–H and O–H groups in total. The minimum Gasteiger partial charge on any atom is -0.378 e. The second-order valence-corrected chi connectivity index (χ2v) is 10.3. The smallest absolute Gasteiger partial charge is 0.240 e. The lowest BCUT2D eigenvalue weighted by Gasteiger charge is -2.27.